The fraction of sp³-hybridized carbons (Fsp3) is 0.364. The maximum absolute atomic E-state index is 12.0. The molecular formula is C22H26ClN3O2. The molecule has 1 fully saturated rings. The van der Waals surface area contributed by atoms with Gasteiger partial charge in [-0.1, -0.05) is 54.1 Å². The van der Waals surface area contributed by atoms with Crippen LogP contribution in [-0.4, -0.2) is 36.3 Å². The van der Waals surface area contributed by atoms with Crippen molar-refractivity contribution in [2.24, 2.45) is 5.92 Å². The molecule has 2 aromatic carbocycles. The fourth-order valence-corrected chi connectivity index (χ4v) is 3.50. The zero-order valence-corrected chi connectivity index (χ0v) is 16.6. The predicted molar refractivity (Wildman–Crippen MR) is 111 cm³/mol. The topological polar surface area (TPSA) is 61.4 Å². The molecule has 148 valence electrons. The number of likely N-dealkylation sites (tertiary alicyclic amines) is 1. The number of halogens is 1. The Bertz CT molecular complexity index is 772. The molecule has 0 aromatic heterocycles. The maximum atomic E-state index is 12.0. The largest absolute Gasteiger partial charge is 0.348 e. The Morgan fingerprint density at radius 1 is 0.893 bits per heavy atom. The lowest BCUT2D eigenvalue weighted by Gasteiger charge is -2.32. The first-order valence-corrected chi connectivity index (χ1v) is 10.0. The average Bonchev–Trinajstić information content (AvgIpc) is 2.73. The van der Waals surface area contributed by atoms with Crippen molar-refractivity contribution in [2.75, 3.05) is 19.6 Å². The zero-order chi connectivity index (χ0) is 19.8. The smallest absolute Gasteiger partial charge is 0.309 e. The van der Waals surface area contributed by atoms with E-state index in [2.05, 4.69) is 39.8 Å². The van der Waals surface area contributed by atoms with Crippen LogP contribution < -0.4 is 10.6 Å². The highest BCUT2D eigenvalue weighted by Crippen LogP contribution is 2.18. The predicted octanol–water partition coefficient (Wildman–Crippen LogP) is 2.98. The van der Waals surface area contributed by atoms with Crippen LogP contribution in [0.1, 0.15) is 24.0 Å². The van der Waals surface area contributed by atoms with Crippen molar-refractivity contribution < 1.29 is 9.59 Å². The molecule has 1 aliphatic heterocycles. The summed E-state index contributed by atoms with van der Waals surface area (Å²) in [4.78, 5) is 26.4. The quantitative estimate of drug-likeness (QED) is 0.734. The normalized spacial score (nSPS) is 15.2. The molecule has 28 heavy (non-hydrogen) atoms. The highest BCUT2D eigenvalue weighted by molar-refractivity contribution is 6.35. The number of nitrogens with zero attached hydrogens (tertiary/aromatic N) is 1. The molecule has 0 bridgehead atoms. The van der Waals surface area contributed by atoms with E-state index in [-0.39, 0.29) is 0 Å². The van der Waals surface area contributed by atoms with Crippen LogP contribution in [0.5, 0.6) is 0 Å². The van der Waals surface area contributed by atoms with Gasteiger partial charge in [0.15, 0.2) is 0 Å². The van der Waals surface area contributed by atoms with Crippen molar-refractivity contribution in [3.63, 3.8) is 0 Å². The molecule has 0 radical (unpaired) electrons. The Kier molecular flexibility index (Phi) is 7.46. The summed E-state index contributed by atoms with van der Waals surface area (Å²) >= 11 is 5.83. The van der Waals surface area contributed by atoms with Gasteiger partial charge < -0.3 is 10.6 Å². The molecule has 3 rings (SSSR count). The van der Waals surface area contributed by atoms with Crippen LogP contribution in [0, 0.1) is 5.92 Å². The third-order valence-corrected chi connectivity index (χ3v) is 5.33. The van der Waals surface area contributed by atoms with Crippen LogP contribution in [0.3, 0.4) is 0 Å². The van der Waals surface area contributed by atoms with Crippen molar-refractivity contribution in [1.29, 1.82) is 0 Å². The summed E-state index contributed by atoms with van der Waals surface area (Å²) in [6.07, 6.45) is 2.05. The highest BCUT2D eigenvalue weighted by atomic mass is 35.5. The van der Waals surface area contributed by atoms with Gasteiger partial charge in [0.05, 0.1) is 0 Å². The number of hydrogen-bond acceptors (Lipinski definition) is 3. The molecule has 1 heterocycles. The third kappa shape index (κ3) is 6.36. The first kappa shape index (κ1) is 20.4. The number of nitrogens with one attached hydrogen (secondary N) is 2. The molecule has 5 nitrogen and oxygen atoms in total. The number of benzene rings is 2. The first-order chi connectivity index (χ1) is 13.6. The molecule has 2 aromatic rings. The van der Waals surface area contributed by atoms with E-state index in [1.165, 1.54) is 5.56 Å². The fourth-order valence-electron chi connectivity index (χ4n) is 3.37. The summed E-state index contributed by atoms with van der Waals surface area (Å²) in [6.45, 7) is 3.84. The monoisotopic (exact) mass is 399 g/mol. The molecule has 0 saturated carbocycles. The summed E-state index contributed by atoms with van der Waals surface area (Å²) in [5.74, 6) is -0.753. The highest BCUT2D eigenvalue weighted by Gasteiger charge is 2.21. The Morgan fingerprint density at radius 2 is 1.54 bits per heavy atom. The Labute approximate surface area is 171 Å². The van der Waals surface area contributed by atoms with Crippen molar-refractivity contribution in [1.82, 2.24) is 15.5 Å². The van der Waals surface area contributed by atoms with E-state index in [1.807, 2.05) is 18.2 Å². The second-order valence-electron chi connectivity index (χ2n) is 7.22. The lowest BCUT2D eigenvalue weighted by atomic mass is 9.96. The second-order valence-corrected chi connectivity index (χ2v) is 7.66. The van der Waals surface area contributed by atoms with E-state index < -0.39 is 11.8 Å². The van der Waals surface area contributed by atoms with Gasteiger partial charge in [0.2, 0.25) is 0 Å². The minimum absolute atomic E-state index is 0.307. The van der Waals surface area contributed by atoms with E-state index >= 15 is 0 Å². The van der Waals surface area contributed by atoms with Gasteiger partial charge in [-0.2, -0.15) is 0 Å². The lowest BCUT2D eigenvalue weighted by molar-refractivity contribution is -0.139. The van der Waals surface area contributed by atoms with Crippen molar-refractivity contribution in [2.45, 2.75) is 25.9 Å². The van der Waals surface area contributed by atoms with Crippen molar-refractivity contribution in [3.8, 4) is 0 Å². The van der Waals surface area contributed by atoms with Crippen LogP contribution in [0.4, 0.5) is 0 Å². The molecule has 6 heteroatoms. The number of rotatable bonds is 6. The van der Waals surface area contributed by atoms with Gasteiger partial charge in [0, 0.05) is 24.7 Å². The number of hydrogen-bond donors (Lipinski definition) is 2. The molecule has 0 aliphatic carbocycles. The average molecular weight is 400 g/mol. The molecule has 0 unspecified atom stereocenters. The number of amides is 2. The van der Waals surface area contributed by atoms with Gasteiger partial charge in [0.25, 0.3) is 0 Å². The van der Waals surface area contributed by atoms with Crippen molar-refractivity contribution >= 4 is 23.4 Å². The van der Waals surface area contributed by atoms with E-state index in [0.29, 0.717) is 24.0 Å². The maximum Gasteiger partial charge on any atom is 0.309 e. The number of carbonyl (C=O) groups is 2. The summed E-state index contributed by atoms with van der Waals surface area (Å²) < 4.78 is 0. The summed E-state index contributed by atoms with van der Waals surface area (Å²) in [5, 5.41) is 6.05. The van der Waals surface area contributed by atoms with Gasteiger partial charge in [0.1, 0.15) is 0 Å². The van der Waals surface area contributed by atoms with Gasteiger partial charge in [-0.25, -0.2) is 0 Å². The standard InChI is InChI=1S/C22H26ClN3O2/c23-20-8-6-17(7-9-20)14-24-21(27)22(28)25-15-18-10-12-26(13-11-18)16-19-4-2-1-3-5-19/h1-9,18H,10-16H2,(H,24,27)(H,25,28). The lowest BCUT2D eigenvalue weighted by Crippen LogP contribution is -2.43. The SMILES string of the molecule is O=C(NCc1ccc(Cl)cc1)C(=O)NCC1CCN(Cc2ccccc2)CC1. The molecule has 1 saturated heterocycles. The molecule has 2 N–H and O–H groups in total. The summed E-state index contributed by atoms with van der Waals surface area (Å²) in [5.41, 5.74) is 2.22. The Balaban J connectivity index is 1.33. The van der Waals surface area contributed by atoms with Crippen LogP contribution >= 0.6 is 11.6 Å². The number of piperidine rings is 1. The van der Waals surface area contributed by atoms with Crippen LogP contribution in [-0.2, 0) is 22.7 Å². The molecule has 0 spiro atoms. The zero-order valence-electron chi connectivity index (χ0n) is 15.9. The number of carbonyl (C=O) groups excluding carboxylic acids is 2. The van der Waals surface area contributed by atoms with Gasteiger partial charge in [-0.3, -0.25) is 14.5 Å². The van der Waals surface area contributed by atoms with Crippen LogP contribution in [0.25, 0.3) is 0 Å². The Hall–Kier alpha value is -2.37. The van der Waals surface area contributed by atoms with E-state index in [9.17, 15) is 9.59 Å². The minimum Gasteiger partial charge on any atom is -0.348 e. The third-order valence-electron chi connectivity index (χ3n) is 5.08. The Morgan fingerprint density at radius 3 is 2.21 bits per heavy atom. The molecule has 1 aliphatic rings. The van der Waals surface area contributed by atoms with Crippen LogP contribution in [0.2, 0.25) is 5.02 Å². The van der Waals surface area contributed by atoms with E-state index in [0.717, 1.165) is 38.0 Å². The van der Waals surface area contributed by atoms with Crippen molar-refractivity contribution in [3.05, 3.63) is 70.7 Å². The second kappa shape index (κ2) is 10.2. The van der Waals surface area contributed by atoms with Gasteiger partial charge in [-0.15, -0.1) is 0 Å². The van der Waals surface area contributed by atoms with E-state index in [4.69, 9.17) is 11.6 Å². The van der Waals surface area contributed by atoms with E-state index in [1.54, 1.807) is 12.1 Å². The minimum atomic E-state index is -0.600. The molecule has 2 amide bonds. The summed E-state index contributed by atoms with van der Waals surface area (Å²) in [6, 6.07) is 17.6. The molecular weight excluding hydrogens is 374 g/mol. The van der Waals surface area contributed by atoms with Gasteiger partial charge >= 0.3 is 11.8 Å². The summed E-state index contributed by atoms with van der Waals surface area (Å²) in [7, 11) is 0. The van der Waals surface area contributed by atoms with Gasteiger partial charge in [-0.05, 0) is 55.1 Å². The first-order valence-electron chi connectivity index (χ1n) is 9.67. The van der Waals surface area contributed by atoms with Crippen LogP contribution in [0.15, 0.2) is 54.6 Å². The molecule has 0 atom stereocenters.